The van der Waals surface area contributed by atoms with Gasteiger partial charge in [0.2, 0.25) is 0 Å². The summed E-state index contributed by atoms with van der Waals surface area (Å²) in [4.78, 5) is 23.7. The number of methoxy groups -OCH3 is 1. The predicted molar refractivity (Wildman–Crippen MR) is 62.6 cm³/mol. The highest BCUT2D eigenvalue weighted by Crippen LogP contribution is 2.17. The van der Waals surface area contributed by atoms with Gasteiger partial charge in [0.15, 0.2) is 0 Å². The fraction of sp³-hybridized carbons (Fsp3) is 0.273. The number of esters is 1. The fourth-order valence-corrected chi connectivity index (χ4v) is 1.61. The molecule has 0 aliphatic rings. The summed E-state index contributed by atoms with van der Waals surface area (Å²) in [5.41, 5.74) is 0.933. The van der Waals surface area contributed by atoms with Gasteiger partial charge >= 0.3 is 11.9 Å². The zero-order valence-corrected chi connectivity index (χ0v) is 10.7. The molecular formula is C11H12BrNO3. The van der Waals surface area contributed by atoms with E-state index in [0.29, 0.717) is 6.54 Å². The van der Waals surface area contributed by atoms with E-state index in [1.807, 2.05) is 24.3 Å². The van der Waals surface area contributed by atoms with E-state index in [1.165, 1.54) is 12.0 Å². The Bertz CT molecular complexity index is 406. The van der Waals surface area contributed by atoms with Gasteiger partial charge in [-0.1, -0.05) is 34.1 Å². The Labute approximate surface area is 102 Å². The van der Waals surface area contributed by atoms with Crippen LogP contribution in [0.15, 0.2) is 28.7 Å². The zero-order chi connectivity index (χ0) is 12.1. The van der Waals surface area contributed by atoms with Gasteiger partial charge in [-0.25, -0.2) is 4.79 Å². The van der Waals surface area contributed by atoms with Crippen molar-refractivity contribution in [3.63, 3.8) is 0 Å². The number of rotatable bonds is 2. The number of hydrogen-bond donors (Lipinski definition) is 0. The summed E-state index contributed by atoms with van der Waals surface area (Å²) in [6.45, 7) is 0.357. The first-order valence-corrected chi connectivity index (χ1v) is 5.42. The maximum atomic E-state index is 11.4. The molecule has 0 saturated heterocycles. The van der Waals surface area contributed by atoms with Crippen LogP contribution in [0.4, 0.5) is 0 Å². The summed E-state index contributed by atoms with van der Waals surface area (Å²) in [6, 6.07) is 7.52. The molecule has 0 heterocycles. The van der Waals surface area contributed by atoms with Crippen LogP contribution in [0.1, 0.15) is 5.56 Å². The third-order valence-electron chi connectivity index (χ3n) is 2.07. The first-order valence-electron chi connectivity index (χ1n) is 4.63. The van der Waals surface area contributed by atoms with E-state index in [4.69, 9.17) is 0 Å². The third-order valence-corrected chi connectivity index (χ3v) is 2.85. The second-order valence-corrected chi connectivity index (χ2v) is 4.10. The summed E-state index contributed by atoms with van der Waals surface area (Å²) in [5.74, 6) is -1.51. The van der Waals surface area contributed by atoms with Gasteiger partial charge < -0.3 is 9.64 Å². The van der Waals surface area contributed by atoms with Gasteiger partial charge in [-0.3, -0.25) is 4.79 Å². The second-order valence-electron chi connectivity index (χ2n) is 3.24. The molecule has 16 heavy (non-hydrogen) atoms. The van der Waals surface area contributed by atoms with Gasteiger partial charge in [0, 0.05) is 18.1 Å². The predicted octanol–water partition coefficient (Wildman–Crippen LogP) is 1.58. The Kier molecular flexibility index (Phi) is 4.49. The van der Waals surface area contributed by atoms with Gasteiger partial charge in [0.05, 0.1) is 7.11 Å². The van der Waals surface area contributed by atoms with Crippen molar-refractivity contribution in [3.05, 3.63) is 34.3 Å². The number of amides is 1. The molecule has 5 heteroatoms. The van der Waals surface area contributed by atoms with Crippen molar-refractivity contribution >= 4 is 27.8 Å². The van der Waals surface area contributed by atoms with Crippen molar-refractivity contribution in [2.75, 3.05) is 14.2 Å². The summed E-state index contributed by atoms with van der Waals surface area (Å²) in [6.07, 6.45) is 0. The molecule has 0 saturated carbocycles. The lowest BCUT2D eigenvalue weighted by molar-refractivity contribution is -0.157. The molecule has 0 spiro atoms. The van der Waals surface area contributed by atoms with E-state index >= 15 is 0 Å². The topological polar surface area (TPSA) is 46.6 Å². The van der Waals surface area contributed by atoms with Crippen molar-refractivity contribution in [1.29, 1.82) is 0 Å². The molecule has 0 aromatic heterocycles. The van der Waals surface area contributed by atoms with Gasteiger partial charge in [0.1, 0.15) is 0 Å². The summed E-state index contributed by atoms with van der Waals surface area (Å²) < 4.78 is 5.26. The number of nitrogens with zero attached hydrogens (tertiary/aromatic N) is 1. The number of hydrogen-bond acceptors (Lipinski definition) is 3. The molecule has 0 aliphatic carbocycles. The molecule has 0 bridgehead atoms. The van der Waals surface area contributed by atoms with Crippen LogP contribution in [0.3, 0.4) is 0 Å². The zero-order valence-electron chi connectivity index (χ0n) is 9.07. The van der Waals surface area contributed by atoms with Crippen LogP contribution in [0.25, 0.3) is 0 Å². The Hall–Kier alpha value is -1.36. The monoisotopic (exact) mass is 285 g/mol. The van der Waals surface area contributed by atoms with Crippen LogP contribution in [0.2, 0.25) is 0 Å². The van der Waals surface area contributed by atoms with E-state index in [1.54, 1.807) is 7.05 Å². The molecule has 0 unspecified atom stereocenters. The molecule has 0 radical (unpaired) electrons. The van der Waals surface area contributed by atoms with Crippen LogP contribution in [0.5, 0.6) is 0 Å². The highest BCUT2D eigenvalue weighted by Gasteiger charge is 2.19. The molecular weight excluding hydrogens is 274 g/mol. The standard InChI is InChI=1S/C11H12BrNO3/c1-13(10(14)11(15)16-2)7-8-5-3-4-6-9(8)12/h3-6H,7H2,1-2H3. The van der Waals surface area contributed by atoms with Gasteiger partial charge in [-0.05, 0) is 11.6 Å². The molecule has 4 nitrogen and oxygen atoms in total. The smallest absolute Gasteiger partial charge is 0.396 e. The molecule has 1 rings (SSSR count). The van der Waals surface area contributed by atoms with Crippen LogP contribution in [-0.4, -0.2) is 30.9 Å². The minimum atomic E-state index is -0.852. The van der Waals surface area contributed by atoms with Crippen LogP contribution >= 0.6 is 15.9 Å². The lowest BCUT2D eigenvalue weighted by Crippen LogP contribution is -2.33. The number of likely N-dealkylation sites (N-methyl/N-ethyl adjacent to an activating group) is 1. The third kappa shape index (κ3) is 3.06. The number of carbonyl (C=O) groups is 2. The van der Waals surface area contributed by atoms with Crippen LogP contribution < -0.4 is 0 Å². The Balaban J connectivity index is 2.72. The summed E-state index contributed by atoms with van der Waals surface area (Å²) in [5, 5.41) is 0. The Morgan fingerprint density at radius 2 is 2.00 bits per heavy atom. The quantitative estimate of drug-likeness (QED) is 0.612. The average Bonchev–Trinajstić information content (AvgIpc) is 2.30. The highest BCUT2D eigenvalue weighted by atomic mass is 79.9. The maximum absolute atomic E-state index is 11.4. The molecule has 86 valence electrons. The van der Waals surface area contributed by atoms with E-state index in [2.05, 4.69) is 20.7 Å². The number of halogens is 1. The van der Waals surface area contributed by atoms with E-state index in [-0.39, 0.29) is 0 Å². The molecule has 1 aromatic rings. The van der Waals surface area contributed by atoms with E-state index < -0.39 is 11.9 Å². The normalized spacial score (nSPS) is 9.69. The van der Waals surface area contributed by atoms with Crippen molar-refractivity contribution in [2.45, 2.75) is 6.54 Å². The molecule has 0 aliphatic heterocycles. The molecule has 1 amide bonds. The summed E-state index contributed by atoms with van der Waals surface area (Å²) >= 11 is 3.37. The highest BCUT2D eigenvalue weighted by molar-refractivity contribution is 9.10. The fourth-order valence-electron chi connectivity index (χ4n) is 1.20. The number of ether oxygens (including phenoxy) is 1. The SMILES string of the molecule is COC(=O)C(=O)N(C)Cc1ccccc1Br. The first kappa shape index (κ1) is 12.7. The minimum Gasteiger partial charge on any atom is -0.462 e. The molecule has 1 aromatic carbocycles. The lowest BCUT2D eigenvalue weighted by Gasteiger charge is -2.16. The van der Waals surface area contributed by atoms with Crippen molar-refractivity contribution < 1.29 is 14.3 Å². The maximum Gasteiger partial charge on any atom is 0.396 e. The number of carbonyl (C=O) groups excluding carboxylic acids is 2. The first-order chi connectivity index (χ1) is 7.56. The Morgan fingerprint density at radius 1 is 1.38 bits per heavy atom. The minimum absolute atomic E-state index is 0.357. The van der Waals surface area contributed by atoms with Crippen molar-refractivity contribution in [3.8, 4) is 0 Å². The number of benzene rings is 1. The van der Waals surface area contributed by atoms with E-state index in [9.17, 15) is 9.59 Å². The van der Waals surface area contributed by atoms with E-state index in [0.717, 1.165) is 10.0 Å². The van der Waals surface area contributed by atoms with Gasteiger partial charge in [-0.15, -0.1) is 0 Å². The van der Waals surface area contributed by atoms with Crippen molar-refractivity contribution in [2.24, 2.45) is 0 Å². The summed E-state index contributed by atoms with van der Waals surface area (Å²) in [7, 11) is 2.74. The van der Waals surface area contributed by atoms with Crippen LogP contribution in [-0.2, 0) is 20.9 Å². The molecule has 0 atom stereocenters. The Morgan fingerprint density at radius 3 is 2.56 bits per heavy atom. The van der Waals surface area contributed by atoms with Gasteiger partial charge in [-0.2, -0.15) is 0 Å². The second kappa shape index (κ2) is 5.65. The van der Waals surface area contributed by atoms with Crippen LogP contribution in [0, 0.1) is 0 Å². The lowest BCUT2D eigenvalue weighted by atomic mass is 10.2. The van der Waals surface area contributed by atoms with Gasteiger partial charge in [0.25, 0.3) is 0 Å². The largest absolute Gasteiger partial charge is 0.462 e. The van der Waals surface area contributed by atoms with Crippen molar-refractivity contribution in [1.82, 2.24) is 4.90 Å². The average molecular weight is 286 g/mol. The molecule has 0 fully saturated rings. The molecule has 0 N–H and O–H groups in total.